The van der Waals surface area contributed by atoms with Crippen molar-refractivity contribution in [3.05, 3.63) is 40.3 Å². The van der Waals surface area contributed by atoms with E-state index >= 15 is 0 Å². The van der Waals surface area contributed by atoms with Crippen molar-refractivity contribution < 1.29 is 13.9 Å². The van der Waals surface area contributed by atoms with Crippen LogP contribution < -0.4 is 0 Å². The average Bonchev–Trinajstić information content (AvgIpc) is 2.73. The Bertz CT molecular complexity index is 513. The average molecular weight is 304 g/mol. The first-order valence-corrected chi connectivity index (χ1v) is 5.50. The van der Waals surface area contributed by atoms with Crippen molar-refractivity contribution in [2.45, 2.75) is 13.0 Å². The molecule has 0 bridgehead atoms. The van der Waals surface area contributed by atoms with E-state index in [0.29, 0.717) is 0 Å². The fourth-order valence-electron chi connectivity index (χ4n) is 1.42. The smallest absolute Gasteiger partial charge is 0.280 e. The van der Waals surface area contributed by atoms with Crippen LogP contribution in [0.25, 0.3) is 5.82 Å². The molecule has 0 atom stereocenters. The molecule has 0 saturated heterocycles. The minimum atomic E-state index is -2.72. The molecule has 0 aliphatic heterocycles. The van der Waals surface area contributed by atoms with Crippen molar-refractivity contribution in [3.8, 4) is 5.82 Å². The molecule has 2 aromatic heterocycles. The minimum absolute atomic E-state index is 0.102. The van der Waals surface area contributed by atoms with Crippen LogP contribution in [0.4, 0.5) is 8.78 Å². The number of pyridine rings is 1. The molecule has 0 radical (unpaired) electrons. The third kappa shape index (κ3) is 2.34. The van der Waals surface area contributed by atoms with E-state index < -0.39 is 13.0 Å². The number of aliphatic hydroxyl groups is 1. The van der Waals surface area contributed by atoms with Gasteiger partial charge in [0.25, 0.3) is 6.43 Å². The van der Waals surface area contributed by atoms with E-state index in [9.17, 15) is 8.78 Å². The van der Waals surface area contributed by atoms with E-state index in [0.717, 1.165) is 9.15 Å². The molecule has 0 spiro atoms. The normalized spacial score (nSPS) is 11.1. The van der Waals surface area contributed by atoms with Gasteiger partial charge in [-0.1, -0.05) is 0 Å². The molecule has 2 rings (SSSR count). The highest BCUT2D eigenvalue weighted by Crippen LogP contribution is 2.25. The standard InChI is InChI=1S/C10H8BrF2N3O/c11-7-1-2-8(14-4-7)16-9(10(12)13)6(5-17)3-15-16/h1-4,10,17H,5H2. The molecule has 0 aliphatic rings. The lowest BCUT2D eigenvalue weighted by atomic mass is 10.2. The van der Waals surface area contributed by atoms with Gasteiger partial charge in [0.05, 0.1) is 12.8 Å². The van der Waals surface area contributed by atoms with Crippen molar-refractivity contribution in [1.82, 2.24) is 14.8 Å². The topological polar surface area (TPSA) is 50.9 Å². The van der Waals surface area contributed by atoms with Gasteiger partial charge in [-0.05, 0) is 28.1 Å². The lowest BCUT2D eigenvalue weighted by molar-refractivity contribution is 0.138. The van der Waals surface area contributed by atoms with Crippen LogP contribution in [0.3, 0.4) is 0 Å². The molecule has 0 fully saturated rings. The third-order valence-corrected chi connectivity index (χ3v) is 2.66. The van der Waals surface area contributed by atoms with Crippen LogP contribution >= 0.6 is 15.9 Å². The summed E-state index contributed by atoms with van der Waals surface area (Å²) in [6.45, 7) is -0.476. The maximum Gasteiger partial charge on any atom is 0.280 e. The lowest BCUT2D eigenvalue weighted by Gasteiger charge is -2.07. The summed E-state index contributed by atoms with van der Waals surface area (Å²) in [5.74, 6) is 0.281. The Balaban J connectivity index is 2.51. The van der Waals surface area contributed by atoms with Gasteiger partial charge in [-0.3, -0.25) is 0 Å². The Kier molecular flexibility index (Phi) is 3.49. The zero-order valence-electron chi connectivity index (χ0n) is 8.52. The predicted molar refractivity (Wildman–Crippen MR) is 59.9 cm³/mol. The highest BCUT2D eigenvalue weighted by molar-refractivity contribution is 9.10. The Hall–Kier alpha value is -1.34. The second kappa shape index (κ2) is 4.89. The SMILES string of the molecule is OCc1cnn(-c2ccc(Br)cn2)c1C(F)F. The number of alkyl halides is 2. The second-order valence-electron chi connectivity index (χ2n) is 3.26. The number of hydrogen-bond donors (Lipinski definition) is 1. The molecule has 0 saturated carbocycles. The van der Waals surface area contributed by atoms with Crippen molar-refractivity contribution >= 4 is 15.9 Å². The molecular formula is C10H8BrF2N3O. The molecule has 4 nitrogen and oxygen atoms in total. The first kappa shape index (κ1) is 12.1. The van der Waals surface area contributed by atoms with Gasteiger partial charge in [0.1, 0.15) is 5.69 Å². The molecule has 1 N–H and O–H groups in total. The summed E-state index contributed by atoms with van der Waals surface area (Å²) in [5.41, 5.74) is -0.230. The molecule has 90 valence electrons. The van der Waals surface area contributed by atoms with Gasteiger partial charge < -0.3 is 5.11 Å². The zero-order chi connectivity index (χ0) is 12.4. The summed E-state index contributed by atoms with van der Waals surface area (Å²) in [5, 5.41) is 12.8. The van der Waals surface area contributed by atoms with Crippen molar-refractivity contribution in [2.24, 2.45) is 0 Å². The van der Waals surface area contributed by atoms with E-state index in [1.807, 2.05) is 0 Å². The summed E-state index contributed by atoms with van der Waals surface area (Å²) in [6, 6.07) is 3.24. The number of nitrogens with zero attached hydrogens (tertiary/aromatic N) is 3. The van der Waals surface area contributed by atoms with Crippen LogP contribution in [-0.2, 0) is 6.61 Å². The van der Waals surface area contributed by atoms with E-state index in [4.69, 9.17) is 5.11 Å². The Morgan fingerprint density at radius 1 is 1.35 bits per heavy atom. The Labute approximate surface area is 104 Å². The third-order valence-electron chi connectivity index (χ3n) is 2.19. The van der Waals surface area contributed by atoms with Gasteiger partial charge in [0.15, 0.2) is 5.82 Å². The summed E-state index contributed by atoms with van der Waals surface area (Å²) in [4.78, 5) is 3.98. The molecule has 2 aromatic rings. The largest absolute Gasteiger partial charge is 0.392 e. The van der Waals surface area contributed by atoms with E-state index in [2.05, 4.69) is 26.0 Å². The van der Waals surface area contributed by atoms with Crippen LogP contribution in [0.1, 0.15) is 17.7 Å². The molecule has 17 heavy (non-hydrogen) atoms. The molecule has 0 aromatic carbocycles. The van der Waals surface area contributed by atoms with Gasteiger partial charge in [-0.15, -0.1) is 0 Å². The number of aromatic nitrogens is 3. The second-order valence-corrected chi connectivity index (χ2v) is 4.18. The van der Waals surface area contributed by atoms with Crippen LogP contribution in [0.15, 0.2) is 29.0 Å². The zero-order valence-corrected chi connectivity index (χ0v) is 10.1. The van der Waals surface area contributed by atoms with Crippen LogP contribution in [0, 0.1) is 0 Å². The first-order chi connectivity index (χ1) is 8.13. The molecule has 7 heteroatoms. The van der Waals surface area contributed by atoms with Crippen LogP contribution in [0.2, 0.25) is 0 Å². The summed E-state index contributed by atoms with van der Waals surface area (Å²) in [7, 11) is 0. The monoisotopic (exact) mass is 303 g/mol. The van der Waals surface area contributed by atoms with Gasteiger partial charge in [-0.25, -0.2) is 18.4 Å². The summed E-state index contributed by atoms with van der Waals surface area (Å²) < 4.78 is 27.5. The van der Waals surface area contributed by atoms with Crippen molar-refractivity contribution in [2.75, 3.05) is 0 Å². The Morgan fingerprint density at radius 2 is 2.12 bits per heavy atom. The highest BCUT2D eigenvalue weighted by atomic mass is 79.9. The van der Waals surface area contributed by atoms with E-state index in [-0.39, 0.29) is 17.1 Å². The van der Waals surface area contributed by atoms with Gasteiger partial charge in [0, 0.05) is 16.2 Å². The summed E-state index contributed by atoms with van der Waals surface area (Å²) >= 11 is 3.20. The fourth-order valence-corrected chi connectivity index (χ4v) is 1.66. The van der Waals surface area contributed by atoms with Gasteiger partial charge >= 0.3 is 0 Å². The van der Waals surface area contributed by atoms with Crippen molar-refractivity contribution in [1.29, 1.82) is 0 Å². The number of halogens is 3. The minimum Gasteiger partial charge on any atom is -0.392 e. The molecule has 2 heterocycles. The molecular weight excluding hydrogens is 296 g/mol. The Morgan fingerprint density at radius 3 is 2.65 bits per heavy atom. The molecule has 0 unspecified atom stereocenters. The van der Waals surface area contributed by atoms with E-state index in [1.165, 1.54) is 12.4 Å². The highest BCUT2D eigenvalue weighted by Gasteiger charge is 2.20. The number of rotatable bonds is 3. The van der Waals surface area contributed by atoms with Crippen LogP contribution in [0.5, 0.6) is 0 Å². The number of aliphatic hydroxyl groups excluding tert-OH is 1. The van der Waals surface area contributed by atoms with Gasteiger partial charge in [0.2, 0.25) is 0 Å². The van der Waals surface area contributed by atoms with Crippen molar-refractivity contribution in [3.63, 3.8) is 0 Å². The summed E-state index contributed by atoms with van der Waals surface area (Å²) in [6.07, 6.45) is -0.0130. The number of hydrogen-bond acceptors (Lipinski definition) is 3. The predicted octanol–water partition coefficient (Wildman–Crippen LogP) is 2.46. The molecule has 0 amide bonds. The lowest BCUT2D eigenvalue weighted by Crippen LogP contribution is -2.06. The first-order valence-electron chi connectivity index (χ1n) is 4.71. The quantitative estimate of drug-likeness (QED) is 0.947. The maximum absolute atomic E-state index is 12.9. The maximum atomic E-state index is 12.9. The van der Waals surface area contributed by atoms with Crippen LogP contribution in [-0.4, -0.2) is 19.9 Å². The molecule has 0 aliphatic carbocycles. The van der Waals surface area contributed by atoms with E-state index in [1.54, 1.807) is 12.1 Å². The fraction of sp³-hybridized carbons (Fsp3) is 0.200. The van der Waals surface area contributed by atoms with Gasteiger partial charge in [-0.2, -0.15) is 5.10 Å².